The van der Waals surface area contributed by atoms with Crippen LogP contribution >= 0.6 is 0 Å². The Kier molecular flexibility index (Phi) is 2.20. The van der Waals surface area contributed by atoms with Gasteiger partial charge in [0.15, 0.2) is 0 Å². The summed E-state index contributed by atoms with van der Waals surface area (Å²) in [6, 6.07) is 3.73. The molecule has 1 saturated carbocycles. The number of nitrogens with zero attached hydrogens (tertiary/aromatic N) is 3. The van der Waals surface area contributed by atoms with Crippen LogP contribution in [0.3, 0.4) is 0 Å². The summed E-state index contributed by atoms with van der Waals surface area (Å²) in [6.07, 6.45) is 7.85. The highest BCUT2D eigenvalue weighted by Gasteiger charge is 2.19. The van der Waals surface area contributed by atoms with Crippen molar-refractivity contribution >= 4 is 11.0 Å². The molecule has 0 unspecified atom stereocenters. The van der Waals surface area contributed by atoms with Crippen LogP contribution in [0, 0.1) is 0 Å². The van der Waals surface area contributed by atoms with E-state index >= 15 is 0 Å². The molecule has 0 bridgehead atoms. The van der Waals surface area contributed by atoms with E-state index in [0.717, 1.165) is 23.9 Å². The lowest BCUT2D eigenvalue weighted by atomic mass is 10.2. The average Bonchev–Trinajstić information content (AvgIpc) is 2.82. The molecule has 1 fully saturated rings. The van der Waals surface area contributed by atoms with Gasteiger partial charge in [-0.3, -0.25) is 9.36 Å². The van der Waals surface area contributed by atoms with E-state index in [9.17, 15) is 4.79 Å². The smallest absolute Gasteiger partial charge is 0.252 e. The van der Waals surface area contributed by atoms with E-state index in [2.05, 4.69) is 9.97 Å². The quantitative estimate of drug-likeness (QED) is 0.730. The molecule has 82 valence electrons. The summed E-state index contributed by atoms with van der Waals surface area (Å²) in [7, 11) is 0. The molecule has 16 heavy (non-hydrogen) atoms. The molecule has 4 nitrogen and oxygen atoms in total. The Labute approximate surface area is 93.0 Å². The number of fused-ring (bicyclic) bond motifs is 1. The highest BCUT2D eigenvalue weighted by atomic mass is 16.1. The molecular weight excluding hydrogens is 202 g/mol. The van der Waals surface area contributed by atoms with Crippen molar-refractivity contribution in [3.8, 4) is 0 Å². The summed E-state index contributed by atoms with van der Waals surface area (Å²) in [5.74, 6) is 0. The van der Waals surface area contributed by atoms with Crippen molar-refractivity contribution in [2.75, 3.05) is 0 Å². The largest absolute Gasteiger partial charge is 0.290 e. The van der Waals surface area contributed by atoms with Crippen LogP contribution in [-0.2, 0) is 0 Å². The number of pyridine rings is 1. The van der Waals surface area contributed by atoms with Gasteiger partial charge in [0.2, 0.25) is 0 Å². The topological polar surface area (TPSA) is 47.8 Å². The first-order valence-electron chi connectivity index (χ1n) is 5.67. The molecule has 3 rings (SSSR count). The first-order valence-corrected chi connectivity index (χ1v) is 5.67. The maximum atomic E-state index is 11.9. The molecule has 2 heterocycles. The van der Waals surface area contributed by atoms with Crippen LogP contribution in [0.2, 0.25) is 0 Å². The van der Waals surface area contributed by atoms with E-state index in [0.29, 0.717) is 6.04 Å². The van der Waals surface area contributed by atoms with Gasteiger partial charge in [-0.2, -0.15) is 0 Å². The zero-order valence-electron chi connectivity index (χ0n) is 8.97. The molecule has 0 atom stereocenters. The number of hydrogen-bond acceptors (Lipinski definition) is 3. The first-order chi connectivity index (χ1) is 7.86. The molecule has 2 aromatic heterocycles. The first kappa shape index (κ1) is 9.51. The van der Waals surface area contributed by atoms with Crippen LogP contribution in [0.15, 0.2) is 29.5 Å². The van der Waals surface area contributed by atoms with Gasteiger partial charge in [0.25, 0.3) is 5.56 Å². The van der Waals surface area contributed by atoms with E-state index < -0.39 is 0 Å². The second kappa shape index (κ2) is 3.70. The van der Waals surface area contributed by atoms with Crippen molar-refractivity contribution in [3.05, 3.63) is 35.0 Å². The predicted molar refractivity (Wildman–Crippen MR) is 61.3 cm³/mol. The highest BCUT2D eigenvalue weighted by molar-refractivity contribution is 5.73. The Balaban J connectivity index is 2.27. The van der Waals surface area contributed by atoms with E-state index in [1.54, 1.807) is 18.3 Å². The van der Waals surface area contributed by atoms with Gasteiger partial charge < -0.3 is 0 Å². The third kappa shape index (κ3) is 1.41. The zero-order valence-corrected chi connectivity index (χ0v) is 8.97. The summed E-state index contributed by atoms with van der Waals surface area (Å²) in [6.45, 7) is 0. The van der Waals surface area contributed by atoms with E-state index in [1.807, 2.05) is 4.57 Å². The predicted octanol–water partition coefficient (Wildman–Crippen LogP) is 1.91. The molecule has 0 radical (unpaired) electrons. The Morgan fingerprint density at radius 2 is 2.06 bits per heavy atom. The minimum absolute atomic E-state index is 0.0538. The lowest BCUT2D eigenvalue weighted by molar-refractivity contribution is 0.515. The van der Waals surface area contributed by atoms with Crippen LogP contribution in [-0.4, -0.2) is 14.5 Å². The molecule has 1 aliphatic rings. The minimum Gasteiger partial charge on any atom is -0.290 e. The normalized spacial score (nSPS) is 17.0. The van der Waals surface area contributed by atoms with Gasteiger partial charge >= 0.3 is 0 Å². The third-order valence-electron chi connectivity index (χ3n) is 3.28. The monoisotopic (exact) mass is 215 g/mol. The molecule has 0 spiro atoms. The van der Waals surface area contributed by atoms with Gasteiger partial charge in [-0.05, 0) is 18.9 Å². The molecule has 0 aromatic carbocycles. The molecule has 4 heteroatoms. The molecule has 0 aliphatic heterocycles. The fourth-order valence-electron chi connectivity index (χ4n) is 2.51. The summed E-state index contributed by atoms with van der Waals surface area (Å²) >= 11 is 0. The van der Waals surface area contributed by atoms with Gasteiger partial charge in [-0.1, -0.05) is 12.8 Å². The van der Waals surface area contributed by atoms with Crippen LogP contribution < -0.4 is 5.56 Å². The van der Waals surface area contributed by atoms with Gasteiger partial charge in [-0.25, -0.2) is 9.97 Å². The zero-order chi connectivity index (χ0) is 11.0. The van der Waals surface area contributed by atoms with Crippen molar-refractivity contribution in [2.24, 2.45) is 0 Å². The van der Waals surface area contributed by atoms with E-state index in [4.69, 9.17) is 0 Å². The molecule has 0 N–H and O–H groups in total. The Morgan fingerprint density at radius 3 is 2.88 bits per heavy atom. The minimum atomic E-state index is 0.0538. The van der Waals surface area contributed by atoms with Crippen molar-refractivity contribution in [1.82, 2.24) is 14.5 Å². The number of rotatable bonds is 1. The highest BCUT2D eigenvalue weighted by Crippen LogP contribution is 2.29. The van der Waals surface area contributed by atoms with Gasteiger partial charge in [0.1, 0.15) is 12.0 Å². The summed E-state index contributed by atoms with van der Waals surface area (Å²) in [5.41, 5.74) is 0.826. The second-order valence-electron chi connectivity index (χ2n) is 4.28. The van der Waals surface area contributed by atoms with Crippen molar-refractivity contribution in [1.29, 1.82) is 0 Å². The summed E-state index contributed by atoms with van der Waals surface area (Å²) in [4.78, 5) is 20.1. The van der Waals surface area contributed by atoms with Crippen molar-refractivity contribution < 1.29 is 0 Å². The second-order valence-corrected chi connectivity index (χ2v) is 4.28. The van der Waals surface area contributed by atoms with Crippen LogP contribution in [0.25, 0.3) is 11.0 Å². The maximum absolute atomic E-state index is 11.9. The molecule has 0 saturated heterocycles. The van der Waals surface area contributed by atoms with Crippen molar-refractivity contribution in [2.45, 2.75) is 31.7 Å². The molecular formula is C12H13N3O. The number of aromatic nitrogens is 3. The molecule has 0 amide bonds. The average molecular weight is 215 g/mol. The summed E-state index contributed by atoms with van der Waals surface area (Å²) in [5, 5.41) is 0.939. The summed E-state index contributed by atoms with van der Waals surface area (Å²) < 4.78 is 1.84. The maximum Gasteiger partial charge on any atom is 0.252 e. The van der Waals surface area contributed by atoms with Crippen molar-refractivity contribution in [3.63, 3.8) is 0 Å². The van der Waals surface area contributed by atoms with Crippen LogP contribution in [0.4, 0.5) is 0 Å². The molecule has 1 aliphatic carbocycles. The fourth-order valence-corrected chi connectivity index (χ4v) is 2.51. The SMILES string of the molecule is O=c1ccc2cncnc2n1C1CCCC1. The third-order valence-corrected chi connectivity index (χ3v) is 3.28. The van der Waals surface area contributed by atoms with Gasteiger partial charge in [0, 0.05) is 23.7 Å². The Morgan fingerprint density at radius 1 is 1.25 bits per heavy atom. The van der Waals surface area contributed by atoms with E-state index in [1.165, 1.54) is 19.2 Å². The Bertz CT molecular complexity index is 570. The number of hydrogen-bond donors (Lipinski definition) is 0. The fraction of sp³-hybridized carbons (Fsp3) is 0.417. The Hall–Kier alpha value is -1.71. The van der Waals surface area contributed by atoms with E-state index in [-0.39, 0.29) is 5.56 Å². The molecule has 2 aromatic rings. The van der Waals surface area contributed by atoms with Crippen LogP contribution in [0.5, 0.6) is 0 Å². The van der Waals surface area contributed by atoms with Gasteiger partial charge in [0.05, 0.1) is 0 Å². The van der Waals surface area contributed by atoms with Gasteiger partial charge in [-0.15, -0.1) is 0 Å². The standard InChI is InChI=1S/C12H13N3O/c16-11-6-5-9-7-13-8-14-12(9)15(11)10-3-1-2-4-10/h5-8,10H,1-4H2. The lowest BCUT2D eigenvalue weighted by Crippen LogP contribution is -2.23. The van der Waals surface area contributed by atoms with Crippen LogP contribution in [0.1, 0.15) is 31.7 Å². The lowest BCUT2D eigenvalue weighted by Gasteiger charge is -2.14.